The van der Waals surface area contributed by atoms with Crippen LogP contribution in [-0.4, -0.2) is 58.4 Å². The van der Waals surface area contributed by atoms with E-state index in [1.165, 1.54) is 18.4 Å². The first-order valence-corrected chi connectivity index (χ1v) is 11.5. The molecule has 0 radical (unpaired) electrons. The Hall–Kier alpha value is -2.94. The molecule has 0 spiro atoms. The van der Waals surface area contributed by atoms with E-state index in [9.17, 15) is 13.2 Å². The summed E-state index contributed by atoms with van der Waals surface area (Å²) in [5.74, 6) is 0.303. The third kappa shape index (κ3) is 5.35. The first-order chi connectivity index (χ1) is 14.3. The minimum absolute atomic E-state index is 0.0385. The number of benzene rings is 2. The summed E-state index contributed by atoms with van der Waals surface area (Å²) in [7, 11) is -1.97. The van der Waals surface area contributed by atoms with Crippen molar-refractivity contribution in [2.45, 2.75) is 13.8 Å². The third-order valence-corrected chi connectivity index (χ3v) is 6.32. The zero-order valence-corrected chi connectivity index (χ0v) is 18.3. The van der Waals surface area contributed by atoms with E-state index >= 15 is 0 Å². The lowest BCUT2D eigenvalue weighted by Crippen LogP contribution is -2.50. The molecule has 8 nitrogen and oxygen atoms in total. The molecule has 9 heteroatoms. The summed E-state index contributed by atoms with van der Waals surface area (Å²) in [5.41, 5.74) is 3.26. The van der Waals surface area contributed by atoms with Crippen molar-refractivity contribution in [3.63, 3.8) is 0 Å². The van der Waals surface area contributed by atoms with Crippen LogP contribution in [0.5, 0.6) is 5.75 Å². The van der Waals surface area contributed by atoms with Gasteiger partial charge in [0.25, 0.3) is 0 Å². The zero-order chi connectivity index (χ0) is 21.7. The molecule has 1 aliphatic rings. The fourth-order valence-electron chi connectivity index (χ4n) is 3.29. The topological polar surface area (TPSA) is 91.0 Å². The first-order valence-electron chi connectivity index (χ1n) is 9.87. The lowest BCUT2D eigenvalue weighted by atomic mass is 10.2. The summed E-state index contributed by atoms with van der Waals surface area (Å²) in [6.07, 6.45) is 0. The van der Waals surface area contributed by atoms with Crippen LogP contribution in [0.3, 0.4) is 0 Å². The van der Waals surface area contributed by atoms with Gasteiger partial charge in [-0.15, -0.1) is 0 Å². The molecule has 1 aliphatic heterocycles. The molecule has 0 bridgehead atoms. The number of piperazine rings is 1. The Morgan fingerprint density at radius 3 is 2.47 bits per heavy atom. The number of hydrogen-bond acceptors (Lipinski definition) is 5. The lowest BCUT2D eigenvalue weighted by Gasteiger charge is -2.36. The average molecular weight is 433 g/mol. The molecular formula is C21H28N4O4S. The Balaban J connectivity index is 1.61. The molecule has 1 fully saturated rings. The maximum absolute atomic E-state index is 12.7. The van der Waals surface area contributed by atoms with Crippen molar-refractivity contribution in [2.24, 2.45) is 0 Å². The van der Waals surface area contributed by atoms with Crippen molar-refractivity contribution in [1.82, 2.24) is 4.90 Å². The standard InChI is InChI=1S/C21H28N4O4S/c1-4-30(27,28)23-19-9-8-17(15-20(19)29-3)22-21(26)25-12-10-24(11-13-25)18-7-5-6-16(2)14-18/h5-9,14-15,23H,4,10-13H2,1-3H3,(H,22,26). The Bertz CT molecular complexity index is 1000. The van der Waals surface area contributed by atoms with E-state index < -0.39 is 10.0 Å². The molecule has 0 aromatic heterocycles. The summed E-state index contributed by atoms with van der Waals surface area (Å²) in [4.78, 5) is 16.7. The number of ether oxygens (including phenoxy) is 1. The van der Waals surface area contributed by atoms with Crippen LogP contribution in [0, 0.1) is 6.92 Å². The number of carbonyl (C=O) groups excluding carboxylic acids is 1. The molecule has 0 saturated carbocycles. The smallest absolute Gasteiger partial charge is 0.321 e. The summed E-state index contributed by atoms with van der Waals surface area (Å²) < 4.78 is 31.4. The number of methoxy groups -OCH3 is 1. The van der Waals surface area contributed by atoms with E-state index in [1.807, 2.05) is 6.07 Å². The van der Waals surface area contributed by atoms with Gasteiger partial charge in [0.05, 0.1) is 18.6 Å². The second-order valence-corrected chi connectivity index (χ2v) is 9.17. The van der Waals surface area contributed by atoms with Crippen LogP contribution in [0.1, 0.15) is 12.5 Å². The maximum atomic E-state index is 12.7. The van der Waals surface area contributed by atoms with Gasteiger partial charge in [-0.05, 0) is 43.7 Å². The van der Waals surface area contributed by atoms with Crippen LogP contribution >= 0.6 is 0 Å². The summed E-state index contributed by atoms with van der Waals surface area (Å²) >= 11 is 0. The van der Waals surface area contributed by atoms with Gasteiger partial charge in [-0.2, -0.15) is 0 Å². The molecule has 1 saturated heterocycles. The highest BCUT2D eigenvalue weighted by atomic mass is 32.2. The fourth-order valence-corrected chi connectivity index (χ4v) is 3.94. The molecule has 2 aromatic carbocycles. The van der Waals surface area contributed by atoms with E-state index in [0.29, 0.717) is 30.2 Å². The Morgan fingerprint density at radius 1 is 1.10 bits per heavy atom. The Kier molecular flexibility index (Phi) is 6.71. The molecule has 2 N–H and O–H groups in total. The van der Waals surface area contributed by atoms with Crippen LogP contribution < -0.4 is 19.7 Å². The predicted molar refractivity (Wildman–Crippen MR) is 120 cm³/mol. The van der Waals surface area contributed by atoms with E-state index in [0.717, 1.165) is 13.1 Å². The van der Waals surface area contributed by atoms with E-state index in [4.69, 9.17) is 4.74 Å². The van der Waals surface area contributed by atoms with Crippen LogP contribution in [0.25, 0.3) is 0 Å². The Labute approximate surface area is 177 Å². The van der Waals surface area contributed by atoms with Gasteiger partial charge in [-0.1, -0.05) is 12.1 Å². The van der Waals surface area contributed by atoms with Crippen molar-refractivity contribution >= 4 is 33.1 Å². The van der Waals surface area contributed by atoms with Gasteiger partial charge in [0.15, 0.2) is 0 Å². The minimum atomic E-state index is -3.42. The molecule has 0 atom stereocenters. The highest BCUT2D eigenvalue weighted by Crippen LogP contribution is 2.29. The second-order valence-electron chi connectivity index (χ2n) is 7.16. The SMILES string of the molecule is CCS(=O)(=O)Nc1ccc(NC(=O)N2CCN(c3cccc(C)c3)CC2)cc1OC. The van der Waals surface area contributed by atoms with Crippen molar-refractivity contribution in [1.29, 1.82) is 0 Å². The van der Waals surface area contributed by atoms with Crippen LogP contribution in [0.4, 0.5) is 21.9 Å². The third-order valence-electron chi connectivity index (χ3n) is 5.03. The molecule has 1 heterocycles. The summed E-state index contributed by atoms with van der Waals surface area (Å²) in [6.45, 7) is 6.38. The number of sulfonamides is 1. The van der Waals surface area contributed by atoms with E-state index in [1.54, 1.807) is 30.0 Å². The van der Waals surface area contributed by atoms with E-state index in [-0.39, 0.29) is 11.8 Å². The van der Waals surface area contributed by atoms with Gasteiger partial charge in [-0.3, -0.25) is 4.72 Å². The highest BCUT2D eigenvalue weighted by molar-refractivity contribution is 7.92. The number of carbonyl (C=O) groups is 1. The summed E-state index contributed by atoms with van der Waals surface area (Å²) in [5, 5.41) is 2.87. The maximum Gasteiger partial charge on any atom is 0.321 e. The molecule has 0 unspecified atom stereocenters. The van der Waals surface area contributed by atoms with Gasteiger partial charge < -0.3 is 19.9 Å². The fraction of sp³-hybridized carbons (Fsp3) is 0.381. The number of amides is 2. The number of aryl methyl sites for hydroxylation is 1. The first kappa shape index (κ1) is 21.8. The summed E-state index contributed by atoms with van der Waals surface area (Å²) in [6, 6.07) is 13.0. The molecule has 30 heavy (non-hydrogen) atoms. The van der Waals surface area contributed by atoms with Crippen molar-refractivity contribution in [3.05, 3.63) is 48.0 Å². The highest BCUT2D eigenvalue weighted by Gasteiger charge is 2.22. The number of rotatable bonds is 6. The van der Waals surface area contributed by atoms with E-state index in [2.05, 4.69) is 40.1 Å². The van der Waals surface area contributed by atoms with Gasteiger partial charge in [-0.25, -0.2) is 13.2 Å². The zero-order valence-electron chi connectivity index (χ0n) is 17.5. The van der Waals surface area contributed by atoms with Gasteiger partial charge in [0, 0.05) is 43.6 Å². The molecule has 2 aromatic rings. The predicted octanol–water partition coefficient (Wildman–Crippen LogP) is 3.12. The molecular weight excluding hydrogens is 404 g/mol. The number of anilines is 3. The van der Waals surface area contributed by atoms with Crippen molar-refractivity contribution in [2.75, 3.05) is 54.0 Å². The van der Waals surface area contributed by atoms with Crippen molar-refractivity contribution < 1.29 is 17.9 Å². The number of hydrogen-bond donors (Lipinski definition) is 2. The van der Waals surface area contributed by atoms with Gasteiger partial charge in [0.1, 0.15) is 5.75 Å². The van der Waals surface area contributed by atoms with Crippen LogP contribution in [0.2, 0.25) is 0 Å². The molecule has 2 amide bonds. The van der Waals surface area contributed by atoms with Crippen molar-refractivity contribution in [3.8, 4) is 5.75 Å². The number of nitrogens with zero attached hydrogens (tertiary/aromatic N) is 2. The van der Waals surface area contributed by atoms with Gasteiger partial charge >= 0.3 is 6.03 Å². The molecule has 162 valence electrons. The monoisotopic (exact) mass is 432 g/mol. The lowest BCUT2D eigenvalue weighted by molar-refractivity contribution is 0.208. The van der Waals surface area contributed by atoms with Crippen LogP contribution in [-0.2, 0) is 10.0 Å². The Morgan fingerprint density at radius 2 is 1.83 bits per heavy atom. The number of nitrogens with one attached hydrogen (secondary N) is 2. The molecule has 0 aliphatic carbocycles. The normalized spacial score (nSPS) is 14.4. The average Bonchev–Trinajstić information content (AvgIpc) is 2.74. The molecule has 3 rings (SSSR count). The van der Waals surface area contributed by atoms with Crippen LogP contribution in [0.15, 0.2) is 42.5 Å². The minimum Gasteiger partial charge on any atom is -0.494 e. The van der Waals surface area contributed by atoms with Gasteiger partial charge in [0.2, 0.25) is 10.0 Å². The second kappa shape index (κ2) is 9.25. The quantitative estimate of drug-likeness (QED) is 0.732. The largest absolute Gasteiger partial charge is 0.494 e. The number of urea groups is 1.